The Morgan fingerprint density at radius 2 is 1.71 bits per heavy atom. The van der Waals surface area contributed by atoms with E-state index in [9.17, 15) is 4.79 Å². The Bertz CT molecular complexity index is 1070. The van der Waals surface area contributed by atoms with Gasteiger partial charge in [0.25, 0.3) is 0 Å². The Hall–Kier alpha value is -2.88. The Labute approximate surface area is 184 Å². The minimum atomic E-state index is -0.223. The zero-order valence-corrected chi connectivity index (χ0v) is 18.0. The summed E-state index contributed by atoms with van der Waals surface area (Å²) in [5, 5.41) is 1.20. The van der Waals surface area contributed by atoms with Gasteiger partial charge in [0.2, 0.25) is 0 Å². The highest BCUT2D eigenvalue weighted by molar-refractivity contribution is 5.78. The quantitative estimate of drug-likeness (QED) is 0.571. The van der Waals surface area contributed by atoms with E-state index >= 15 is 0 Å². The van der Waals surface area contributed by atoms with E-state index in [1.165, 1.54) is 36.9 Å². The number of aromatic nitrogens is 2. The van der Waals surface area contributed by atoms with Crippen LogP contribution >= 0.6 is 0 Å². The molecule has 5 heteroatoms. The van der Waals surface area contributed by atoms with E-state index in [4.69, 9.17) is 4.98 Å². The first kappa shape index (κ1) is 20.0. The predicted octanol–water partition coefficient (Wildman–Crippen LogP) is 4.06. The fourth-order valence-corrected chi connectivity index (χ4v) is 5.20. The summed E-state index contributed by atoms with van der Waals surface area (Å²) in [6, 6.07) is 16.9. The van der Waals surface area contributed by atoms with Crippen LogP contribution in [0.5, 0.6) is 0 Å². The molecule has 5 rings (SSSR count). The maximum Gasteiger partial charge on any atom is 0.142 e. The number of anilines is 1. The Kier molecular flexibility index (Phi) is 5.63. The van der Waals surface area contributed by atoms with E-state index < -0.39 is 0 Å². The van der Waals surface area contributed by atoms with Crippen LogP contribution in [0, 0.1) is 0 Å². The number of piperidine rings is 1. The molecule has 0 N–H and O–H groups in total. The minimum absolute atomic E-state index is 0.223. The van der Waals surface area contributed by atoms with Gasteiger partial charge in [-0.3, -0.25) is 0 Å². The molecule has 0 radical (unpaired) electrons. The molecule has 2 aliphatic heterocycles. The zero-order valence-electron chi connectivity index (χ0n) is 18.0. The lowest BCUT2D eigenvalue weighted by molar-refractivity contribution is 0.324. The average molecular weight is 415 g/mol. The largest absolute Gasteiger partial charge is 0.356 e. The van der Waals surface area contributed by atoms with Gasteiger partial charge >= 0.3 is 0 Å². The van der Waals surface area contributed by atoms with E-state index in [2.05, 4.69) is 56.8 Å². The van der Waals surface area contributed by atoms with E-state index in [0.717, 1.165) is 50.5 Å². The minimum Gasteiger partial charge on any atom is -0.356 e. The molecule has 0 spiro atoms. The van der Waals surface area contributed by atoms with Crippen molar-refractivity contribution in [2.75, 3.05) is 37.6 Å². The second-order valence-electron chi connectivity index (χ2n) is 8.91. The van der Waals surface area contributed by atoms with Gasteiger partial charge in [-0.15, -0.1) is 0 Å². The van der Waals surface area contributed by atoms with Gasteiger partial charge in [-0.05, 0) is 62.5 Å². The van der Waals surface area contributed by atoms with Crippen LogP contribution in [0.4, 0.5) is 5.82 Å². The number of benzene rings is 1. The summed E-state index contributed by atoms with van der Waals surface area (Å²) in [6.07, 6.45) is 8.34. The second-order valence-corrected chi connectivity index (χ2v) is 8.91. The van der Waals surface area contributed by atoms with Gasteiger partial charge < -0.3 is 14.4 Å². The van der Waals surface area contributed by atoms with Gasteiger partial charge in [0.1, 0.15) is 17.4 Å². The summed E-state index contributed by atoms with van der Waals surface area (Å²) in [5.74, 6) is 3.11. The van der Waals surface area contributed by atoms with Crippen LogP contribution in [-0.2, 0) is 16.8 Å². The molecule has 0 bridgehead atoms. The third-order valence-electron chi connectivity index (χ3n) is 7.12. The van der Waals surface area contributed by atoms with Crippen LogP contribution in [-0.4, -0.2) is 53.1 Å². The van der Waals surface area contributed by atoms with Crippen molar-refractivity contribution >= 4 is 22.8 Å². The highest BCUT2D eigenvalue weighted by Crippen LogP contribution is 2.37. The first-order valence-electron chi connectivity index (χ1n) is 11.5. The van der Waals surface area contributed by atoms with Crippen LogP contribution in [0.2, 0.25) is 0 Å². The van der Waals surface area contributed by atoms with E-state index in [0.29, 0.717) is 0 Å². The molecule has 5 nitrogen and oxygen atoms in total. The van der Waals surface area contributed by atoms with Gasteiger partial charge in [-0.2, -0.15) is 0 Å². The zero-order chi connectivity index (χ0) is 21.1. The molecule has 160 valence electrons. The van der Waals surface area contributed by atoms with Crippen molar-refractivity contribution in [1.82, 2.24) is 14.5 Å². The monoisotopic (exact) mass is 414 g/mol. The van der Waals surface area contributed by atoms with E-state index in [1.807, 2.05) is 18.2 Å². The molecule has 2 aromatic heterocycles. The molecule has 1 aromatic carbocycles. The summed E-state index contributed by atoms with van der Waals surface area (Å²) in [5.41, 5.74) is 2.06. The number of nitrogens with zero attached hydrogens (tertiary/aromatic N) is 4. The van der Waals surface area contributed by atoms with Gasteiger partial charge in [0, 0.05) is 49.3 Å². The Morgan fingerprint density at radius 1 is 0.935 bits per heavy atom. The second kappa shape index (κ2) is 8.70. The lowest BCUT2D eigenvalue weighted by Gasteiger charge is -2.40. The van der Waals surface area contributed by atoms with Crippen molar-refractivity contribution < 1.29 is 4.79 Å². The first-order valence-corrected chi connectivity index (χ1v) is 11.5. The number of rotatable bonds is 6. The molecular formula is C26H30N4O. The van der Waals surface area contributed by atoms with Crippen molar-refractivity contribution in [3.63, 3.8) is 0 Å². The number of fused-ring (bicyclic) bond motifs is 1. The van der Waals surface area contributed by atoms with Crippen LogP contribution in [0.15, 0.2) is 60.8 Å². The van der Waals surface area contributed by atoms with Crippen LogP contribution in [0.25, 0.3) is 11.0 Å². The third kappa shape index (κ3) is 4.04. The first-order chi connectivity index (χ1) is 15.3. The van der Waals surface area contributed by atoms with Crippen molar-refractivity contribution in [2.24, 2.45) is 0 Å². The lowest BCUT2D eigenvalue weighted by atomic mass is 9.73. The smallest absolute Gasteiger partial charge is 0.142 e. The SMILES string of the molecule is O=C=CC1(c2ccccc2)CCN(c2ccc3ccn(CCN4CCCC4)c3n2)CC1. The summed E-state index contributed by atoms with van der Waals surface area (Å²) in [6.45, 7) is 6.28. The van der Waals surface area contributed by atoms with E-state index in [1.54, 1.807) is 6.08 Å². The number of carbonyl (C=O) groups excluding carboxylic acids is 1. The fourth-order valence-electron chi connectivity index (χ4n) is 5.20. The molecule has 31 heavy (non-hydrogen) atoms. The summed E-state index contributed by atoms with van der Waals surface area (Å²) >= 11 is 0. The fraction of sp³-hybridized carbons (Fsp3) is 0.423. The highest BCUT2D eigenvalue weighted by Gasteiger charge is 2.35. The number of likely N-dealkylation sites (tertiary alicyclic amines) is 1. The topological polar surface area (TPSA) is 41.4 Å². The van der Waals surface area contributed by atoms with E-state index in [-0.39, 0.29) is 5.41 Å². The van der Waals surface area contributed by atoms with Crippen molar-refractivity contribution in [3.05, 3.63) is 66.4 Å². The predicted molar refractivity (Wildman–Crippen MR) is 125 cm³/mol. The average Bonchev–Trinajstić information content (AvgIpc) is 3.48. The standard InChI is InChI=1S/C26H30N4O/c31-21-13-26(23-6-2-1-3-7-23)11-17-29(18-12-26)24-9-8-22-10-16-30(25(22)27-24)20-19-28-14-4-5-15-28/h1-3,6-10,13,16H,4-5,11-12,14-15,17-20H2. The van der Waals surface area contributed by atoms with Gasteiger partial charge in [0.15, 0.2) is 0 Å². The lowest BCUT2D eigenvalue weighted by Crippen LogP contribution is -2.42. The molecule has 2 aliphatic rings. The number of pyridine rings is 1. The van der Waals surface area contributed by atoms with Crippen molar-refractivity contribution in [3.8, 4) is 0 Å². The van der Waals surface area contributed by atoms with Crippen molar-refractivity contribution in [1.29, 1.82) is 0 Å². The molecular weight excluding hydrogens is 384 g/mol. The van der Waals surface area contributed by atoms with Crippen molar-refractivity contribution in [2.45, 2.75) is 37.6 Å². The van der Waals surface area contributed by atoms with Gasteiger partial charge in [0.05, 0.1) is 0 Å². The Morgan fingerprint density at radius 3 is 2.45 bits per heavy atom. The number of hydrogen-bond acceptors (Lipinski definition) is 4. The maximum atomic E-state index is 11.3. The summed E-state index contributed by atoms with van der Waals surface area (Å²) < 4.78 is 2.30. The van der Waals surface area contributed by atoms with Gasteiger partial charge in [-0.25, -0.2) is 9.78 Å². The normalized spacial score (nSPS) is 18.9. The van der Waals surface area contributed by atoms with Gasteiger partial charge in [-0.1, -0.05) is 30.3 Å². The summed E-state index contributed by atoms with van der Waals surface area (Å²) in [4.78, 5) is 21.3. The molecule has 2 saturated heterocycles. The number of hydrogen-bond donors (Lipinski definition) is 0. The number of allylic oxidation sites excluding steroid dienone is 1. The summed E-state index contributed by atoms with van der Waals surface area (Å²) in [7, 11) is 0. The molecule has 0 aliphatic carbocycles. The third-order valence-corrected chi connectivity index (χ3v) is 7.12. The molecule has 2 fully saturated rings. The molecule has 0 amide bonds. The maximum absolute atomic E-state index is 11.3. The van der Waals surface area contributed by atoms with Crippen LogP contribution in [0.3, 0.4) is 0 Å². The molecule has 0 saturated carbocycles. The Balaban J connectivity index is 1.33. The highest BCUT2D eigenvalue weighted by atomic mass is 16.1. The molecule has 0 atom stereocenters. The molecule has 0 unspecified atom stereocenters. The molecule has 4 heterocycles. The van der Waals surface area contributed by atoms with Crippen LogP contribution in [0.1, 0.15) is 31.2 Å². The van der Waals surface area contributed by atoms with Crippen LogP contribution < -0.4 is 4.90 Å². The molecule has 3 aromatic rings.